The van der Waals surface area contributed by atoms with Crippen LogP contribution in [0.25, 0.3) is 0 Å². The molecular weight excluding hydrogens is 139 g/mol. The van der Waals surface area contributed by atoms with Crippen LogP contribution in [0.3, 0.4) is 0 Å². The summed E-state index contributed by atoms with van der Waals surface area (Å²) in [5.41, 5.74) is -0.757. The van der Waals surface area contributed by atoms with Gasteiger partial charge in [0, 0.05) is 0 Å². The standard InChI is InChI=1S/C3H9O3P.Mg/c1-3(2)7(4,5)6;/h3H,1-2H3,(H2,4,5,6);/q;+2/p-2. The summed E-state index contributed by atoms with van der Waals surface area (Å²) in [5.74, 6) is 0. The summed E-state index contributed by atoms with van der Waals surface area (Å²) >= 11 is 0. The van der Waals surface area contributed by atoms with Crippen LogP contribution in [0, 0.1) is 0 Å². The second-order valence-corrected chi connectivity index (χ2v) is 3.75. The minimum absolute atomic E-state index is 0. The Kier molecular flexibility index (Phi) is 5.62. The summed E-state index contributed by atoms with van der Waals surface area (Å²) < 4.78 is 9.80. The molecule has 0 rings (SSSR count). The molecule has 5 heteroatoms. The van der Waals surface area contributed by atoms with Gasteiger partial charge in [0.05, 0.1) is 0 Å². The molecule has 0 aliphatic heterocycles. The van der Waals surface area contributed by atoms with Crippen LogP contribution in [0.15, 0.2) is 0 Å². The quantitative estimate of drug-likeness (QED) is 0.349. The van der Waals surface area contributed by atoms with E-state index in [1.807, 2.05) is 0 Å². The van der Waals surface area contributed by atoms with E-state index >= 15 is 0 Å². The predicted octanol–water partition coefficient (Wildman–Crippen LogP) is -1.07. The van der Waals surface area contributed by atoms with Crippen LogP contribution in [0.1, 0.15) is 13.8 Å². The van der Waals surface area contributed by atoms with Gasteiger partial charge in [-0.1, -0.05) is 21.4 Å². The number of hydrogen-bond acceptors (Lipinski definition) is 3. The molecular formula is C3H7MgO3P. The van der Waals surface area contributed by atoms with E-state index in [0.29, 0.717) is 0 Å². The van der Waals surface area contributed by atoms with Crippen molar-refractivity contribution in [1.29, 1.82) is 0 Å². The Bertz CT molecular complexity index is 96.7. The fraction of sp³-hybridized carbons (Fsp3) is 1.00. The molecule has 0 aromatic rings. The average molecular weight is 146 g/mol. The maximum absolute atomic E-state index is 9.80. The van der Waals surface area contributed by atoms with Gasteiger partial charge in [-0.05, 0) is 5.66 Å². The average Bonchev–Trinajstić information content (AvgIpc) is 1.31. The molecule has 0 atom stereocenters. The summed E-state index contributed by atoms with van der Waals surface area (Å²) in [6, 6.07) is 0. The fourth-order valence-electron chi connectivity index (χ4n) is 0. The zero-order chi connectivity index (χ0) is 6.08. The van der Waals surface area contributed by atoms with Crippen molar-refractivity contribution in [3.63, 3.8) is 0 Å². The van der Waals surface area contributed by atoms with E-state index in [9.17, 15) is 14.4 Å². The molecule has 0 radical (unpaired) electrons. The van der Waals surface area contributed by atoms with Crippen LogP contribution in [0.4, 0.5) is 0 Å². The third kappa shape index (κ3) is 5.06. The Morgan fingerprint density at radius 2 is 1.50 bits per heavy atom. The van der Waals surface area contributed by atoms with Gasteiger partial charge in [0.1, 0.15) is 0 Å². The van der Waals surface area contributed by atoms with Gasteiger partial charge >= 0.3 is 23.1 Å². The van der Waals surface area contributed by atoms with Crippen molar-refractivity contribution in [1.82, 2.24) is 0 Å². The van der Waals surface area contributed by atoms with Crippen molar-refractivity contribution in [2.45, 2.75) is 19.5 Å². The molecule has 0 spiro atoms. The summed E-state index contributed by atoms with van der Waals surface area (Å²) in [6.45, 7) is 2.72. The van der Waals surface area contributed by atoms with E-state index in [1.54, 1.807) is 0 Å². The summed E-state index contributed by atoms with van der Waals surface area (Å²) in [6.07, 6.45) is 0. The molecule has 0 unspecified atom stereocenters. The van der Waals surface area contributed by atoms with Gasteiger partial charge in [0.2, 0.25) is 0 Å². The molecule has 3 nitrogen and oxygen atoms in total. The summed E-state index contributed by atoms with van der Waals surface area (Å²) in [5, 5.41) is 0. The molecule has 0 heterocycles. The number of hydrogen-bond donors (Lipinski definition) is 0. The molecule has 0 fully saturated rings. The zero-order valence-electron chi connectivity index (χ0n) is 4.96. The third-order valence-electron chi connectivity index (χ3n) is 0.632. The Morgan fingerprint density at radius 3 is 1.50 bits per heavy atom. The molecule has 8 heavy (non-hydrogen) atoms. The Balaban J connectivity index is 0. The smallest absolute Gasteiger partial charge is 0.811 e. The van der Waals surface area contributed by atoms with Crippen LogP contribution in [0.5, 0.6) is 0 Å². The molecule has 0 aliphatic carbocycles. The first kappa shape index (κ1) is 11.7. The molecule has 0 saturated carbocycles. The second-order valence-electron chi connectivity index (χ2n) is 1.63. The Hall–Kier alpha value is 0.916. The molecule has 0 N–H and O–H groups in total. The largest absolute Gasteiger partial charge is 2.00 e. The van der Waals surface area contributed by atoms with E-state index in [4.69, 9.17) is 0 Å². The number of rotatable bonds is 1. The van der Waals surface area contributed by atoms with Gasteiger partial charge in [-0.15, -0.1) is 0 Å². The van der Waals surface area contributed by atoms with Crippen molar-refractivity contribution in [2.24, 2.45) is 0 Å². The molecule has 0 amide bonds. The van der Waals surface area contributed by atoms with E-state index in [1.165, 1.54) is 13.8 Å². The maximum atomic E-state index is 9.80. The van der Waals surface area contributed by atoms with E-state index < -0.39 is 13.3 Å². The normalized spacial score (nSPS) is 11.1. The van der Waals surface area contributed by atoms with Crippen molar-refractivity contribution < 1.29 is 14.4 Å². The van der Waals surface area contributed by atoms with Gasteiger partial charge < -0.3 is 14.4 Å². The van der Waals surface area contributed by atoms with Crippen molar-refractivity contribution >= 4 is 30.6 Å². The second kappa shape index (κ2) is 3.85. The Morgan fingerprint density at radius 1 is 1.38 bits per heavy atom. The van der Waals surface area contributed by atoms with Crippen molar-refractivity contribution in [3.05, 3.63) is 0 Å². The molecule has 0 bridgehead atoms. The first-order valence-electron chi connectivity index (χ1n) is 1.96. The zero-order valence-corrected chi connectivity index (χ0v) is 7.27. The van der Waals surface area contributed by atoms with Crippen LogP contribution < -0.4 is 9.79 Å². The van der Waals surface area contributed by atoms with Crippen LogP contribution in [-0.4, -0.2) is 28.7 Å². The van der Waals surface area contributed by atoms with E-state index in [2.05, 4.69) is 0 Å². The summed E-state index contributed by atoms with van der Waals surface area (Å²) in [4.78, 5) is 19.6. The SMILES string of the molecule is CC(C)P(=O)([O-])[O-].[Mg+2]. The third-order valence-corrected chi connectivity index (χ3v) is 1.90. The van der Waals surface area contributed by atoms with Crippen LogP contribution in [-0.2, 0) is 4.57 Å². The van der Waals surface area contributed by atoms with Gasteiger partial charge in [0.25, 0.3) is 0 Å². The molecule has 0 aromatic heterocycles. The molecule has 0 aromatic carbocycles. The molecule has 0 aliphatic rings. The molecule has 0 saturated heterocycles. The van der Waals surface area contributed by atoms with Crippen molar-refractivity contribution in [3.8, 4) is 0 Å². The maximum Gasteiger partial charge on any atom is 2.00 e. The Labute approximate surface area is 64.8 Å². The first-order valence-corrected chi connectivity index (χ1v) is 3.57. The first-order chi connectivity index (χ1) is 2.94. The van der Waals surface area contributed by atoms with Gasteiger partial charge in [0.15, 0.2) is 0 Å². The monoisotopic (exact) mass is 146 g/mol. The van der Waals surface area contributed by atoms with Gasteiger partial charge in [-0.3, -0.25) is 0 Å². The molecule has 44 valence electrons. The van der Waals surface area contributed by atoms with E-state index in [0.717, 1.165) is 0 Å². The minimum Gasteiger partial charge on any atom is -0.811 e. The predicted molar refractivity (Wildman–Crippen MR) is 28.5 cm³/mol. The summed E-state index contributed by atoms with van der Waals surface area (Å²) in [7, 11) is -4.24. The topological polar surface area (TPSA) is 63.2 Å². The minimum atomic E-state index is -4.24. The van der Waals surface area contributed by atoms with Crippen molar-refractivity contribution in [2.75, 3.05) is 0 Å². The fourth-order valence-corrected chi connectivity index (χ4v) is 0. The van der Waals surface area contributed by atoms with E-state index in [-0.39, 0.29) is 23.1 Å². The van der Waals surface area contributed by atoms with Gasteiger partial charge in [-0.2, -0.15) is 0 Å². The van der Waals surface area contributed by atoms with Gasteiger partial charge in [-0.25, -0.2) is 0 Å². The van der Waals surface area contributed by atoms with Crippen LogP contribution in [0.2, 0.25) is 0 Å². The van der Waals surface area contributed by atoms with Crippen LogP contribution >= 0.6 is 7.60 Å².